The molecule has 1 aromatic rings. The summed E-state index contributed by atoms with van der Waals surface area (Å²) in [7, 11) is -3.02. The van der Waals surface area contributed by atoms with E-state index in [1.165, 1.54) is 11.8 Å². The van der Waals surface area contributed by atoms with E-state index < -0.39 is 15.4 Å². The van der Waals surface area contributed by atoms with Gasteiger partial charge in [-0.05, 0) is 36.8 Å². The van der Waals surface area contributed by atoms with Crippen molar-refractivity contribution in [1.82, 2.24) is 5.32 Å². The average Bonchev–Trinajstić information content (AvgIpc) is 3.03. The molecular weight excluding hydrogens is 286 g/mol. The zero-order valence-corrected chi connectivity index (χ0v) is 13.2. The van der Waals surface area contributed by atoms with Crippen LogP contribution in [-0.4, -0.2) is 37.6 Å². The normalized spacial score (nSPS) is 32.3. The molecule has 0 spiro atoms. The lowest BCUT2D eigenvalue weighted by atomic mass is 9.95. The van der Waals surface area contributed by atoms with E-state index in [9.17, 15) is 13.5 Å². The van der Waals surface area contributed by atoms with Gasteiger partial charge in [0.2, 0.25) is 0 Å². The van der Waals surface area contributed by atoms with Crippen LogP contribution in [0.2, 0.25) is 0 Å². The van der Waals surface area contributed by atoms with E-state index in [0.29, 0.717) is 13.0 Å². The third-order valence-corrected chi connectivity index (χ3v) is 6.65. The molecule has 3 unspecified atom stereocenters. The third-order valence-electron chi connectivity index (χ3n) is 4.99. The number of sulfone groups is 1. The molecule has 1 aromatic carbocycles. The first-order valence-electron chi connectivity index (χ1n) is 7.63. The van der Waals surface area contributed by atoms with Gasteiger partial charge in [-0.1, -0.05) is 30.7 Å². The molecule has 2 N–H and O–H groups in total. The minimum absolute atomic E-state index is 0.0308. The van der Waals surface area contributed by atoms with Gasteiger partial charge in [0, 0.05) is 18.8 Å². The molecule has 2 aliphatic carbocycles. The molecule has 0 saturated heterocycles. The Hall–Kier alpha value is -0.910. The summed E-state index contributed by atoms with van der Waals surface area (Å²) in [4.78, 5) is 0. The topological polar surface area (TPSA) is 66.4 Å². The van der Waals surface area contributed by atoms with Crippen molar-refractivity contribution in [2.24, 2.45) is 0 Å². The van der Waals surface area contributed by atoms with E-state index in [4.69, 9.17) is 0 Å². The van der Waals surface area contributed by atoms with Crippen molar-refractivity contribution in [2.75, 3.05) is 12.8 Å². The summed E-state index contributed by atoms with van der Waals surface area (Å²) in [6.45, 7) is 0.431. The van der Waals surface area contributed by atoms with Crippen LogP contribution in [0.4, 0.5) is 0 Å². The summed E-state index contributed by atoms with van der Waals surface area (Å²) >= 11 is 0. The van der Waals surface area contributed by atoms with Crippen LogP contribution in [0.1, 0.15) is 36.8 Å². The Morgan fingerprint density at radius 3 is 2.86 bits per heavy atom. The Labute approximate surface area is 126 Å². The SMILES string of the molecule is CS(=O)(=O)C1CCCC1NCC1(O)CCc2ccccc21. The Kier molecular flexibility index (Phi) is 3.84. The van der Waals surface area contributed by atoms with Crippen molar-refractivity contribution in [1.29, 1.82) is 0 Å². The highest BCUT2D eigenvalue weighted by molar-refractivity contribution is 7.91. The molecule has 5 heteroatoms. The smallest absolute Gasteiger partial charge is 0.151 e. The van der Waals surface area contributed by atoms with Gasteiger partial charge in [0.05, 0.1) is 5.25 Å². The first kappa shape index (κ1) is 15.0. The molecule has 21 heavy (non-hydrogen) atoms. The second-order valence-electron chi connectivity index (χ2n) is 6.48. The van der Waals surface area contributed by atoms with Gasteiger partial charge in [0.25, 0.3) is 0 Å². The van der Waals surface area contributed by atoms with Crippen LogP contribution in [0.5, 0.6) is 0 Å². The van der Waals surface area contributed by atoms with Crippen LogP contribution >= 0.6 is 0 Å². The number of fused-ring (bicyclic) bond motifs is 1. The fourth-order valence-corrected chi connectivity index (χ4v) is 5.25. The summed E-state index contributed by atoms with van der Waals surface area (Å²) in [5.74, 6) is 0. The van der Waals surface area contributed by atoms with Crippen molar-refractivity contribution in [3.63, 3.8) is 0 Å². The maximum atomic E-state index is 11.8. The maximum Gasteiger partial charge on any atom is 0.151 e. The van der Waals surface area contributed by atoms with Crippen LogP contribution < -0.4 is 5.32 Å². The number of aryl methyl sites for hydroxylation is 1. The molecule has 3 atom stereocenters. The van der Waals surface area contributed by atoms with Crippen LogP contribution in [-0.2, 0) is 21.9 Å². The number of hydrogen-bond donors (Lipinski definition) is 2. The fourth-order valence-electron chi connectivity index (χ4n) is 3.82. The molecule has 4 nitrogen and oxygen atoms in total. The van der Waals surface area contributed by atoms with Gasteiger partial charge in [-0.2, -0.15) is 0 Å². The number of rotatable bonds is 4. The average molecular weight is 309 g/mol. The van der Waals surface area contributed by atoms with Gasteiger partial charge in [0.1, 0.15) is 5.60 Å². The molecule has 116 valence electrons. The van der Waals surface area contributed by atoms with Gasteiger partial charge in [-0.25, -0.2) is 8.42 Å². The van der Waals surface area contributed by atoms with Gasteiger partial charge in [0.15, 0.2) is 9.84 Å². The molecule has 2 aliphatic rings. The largest absolute Gasteiger partial charge is 0.384 e. The summed E-state index contributed by atoms with van der Waals surface area (Å²) in [5, 5.41) is 13.9. The van der Waals surface area contributed by atoms with Crippen LogP contribution in [0.25, 0.3) is 0 Å². The van der Waals surface area contributed by atoms with Crippen LogP contribution in [0.15, 0.2) is 24.3 Å². The van der Waals surface area contributed by atoms with Gasteiger partial charge >= 0.3 is 0 Å². The van der Waals surface area contributed by atoms with Crippen molar-refractivity contribution in [3.05, 3.63) is 35.4 Å². The van der Waals surface area contributed by atoms with Crippen molar-refractivity contribution >= 4 is 9.84 Å². The second-order valence-corrected chi connectivity index (χ2v) is 8.74. The number of benzene rings is 1. The Morgan fingerprint density at radius 1 is 1.33 bits per heavy atom. The molecule has 0 heterocycles. The predicted molar refractivity (Wildman–Crippen MR) is 82.9 cm³/mol. The maximum absolute atomic E-state index is 11.8. The van der Waals surface area contributed by atoms with E-state index in [1.807, 2.05) is 18.2 Å². The van der Waals surface area contributed by atoms with E-state index >= 15 is 0 Å². The minimum atomic E-state index is -3.02. The van der Waals surface area contributed by atoms with E-state index in [2.05, 4.69) is 11.4 Å². The summed E-state index contributed by atoms with van der Waals surface area (Å²) in [6, 6.07) is 7.95. The summed E-state index contributed by atoms with van der Waals surface area (Å²) in [5.41, 5.74) is 1.33. The number of aliphatic hydroxyl groups is 1. The molecule has 0 amide bonds. The quantitative estimate of drug-likeness (QED) is 0.882. The molecule has 1 saturated carbocycles. The van der Waals surface area contributed by atoms with E-state index in [-0.39, 0.29) is 11.3 Å². The molecule has 0 bridgehead atoms. The van der Waals surface area contributed by atoms with Gasteiger partial charge < -0.3 is 10.4 Å². The lowest BCUT2D eigenvalue weighted by molar-refractivity contribution is 0.0361. The molecular formula is C16H23NO3S. The number of nitrogens with one attached hydrogen (secondary N) is 1. The molecule has 0 aromatic heterocycles. The Bertz CT molecular complexity index is 628. The van der Waals surface area contributed by atoms with Crippen LogP contribution in [0.3, 0.4) is 0 Å². The summed E-state index contributed by atoms with van der Waals surface area (Å²) < 4.78 is 23.6. The standard InChI is InChI=1S/C16H23NO3S/c1-21(19,20)15-8-4-7-14(15)17-11-16(18)10-9-12-5-2-3-6-13(12)16/h2-3,5-6,14-15,17-18H,4,7-11H2,1H3. The first-order valence-corrected chi connectivity index (χ1v) is 9.59. The van der Waals surface area contributed by atoms with E-state index in [1.54, 1.807) is 0 Å². The second kappa shape index (κ2) is 5.38. The zero-order chi connectivity index (χ0) is 15.1. The van der Waals surface area contributed by atoms with Crippen molar-refractivity contribution in [3.8, 4) is 0 Å². The highest BCUT2D eigenvalue weighted by Gasteiger charge is 2.39. The van der Waals surface area contributed by atoms with E-state index in [0.717, 1.165) is 31.2 Å². The third kappa shape index (κ3) is 2.87. The highest BCUT2D eigenvalue weighted by atomic mass is 32.2. The van der Waals surface area contributed by atoms with Gasteiger partial charge in [-0.3, -0.25) is 0 Å². The fraction of sp³-hybridized carbons (Fsp3) is 0.625. The molecule has 1 fully saturated rings. The Balaban J connectivity index is 1.71. The molecule has 3 rings (SSSR count). The minimum Gasteiger partial charge on any atom is -0.384 e. The Morgan fingerprint density at radius 2 is 2.10 bits per heavy atom. The molecule has 0 radical (unpaired) electrons. The van der Waals surface area contributed by atoms with Crippen molar-refractivity contribution < 1.29 is 13.5 Å². The summed E-state index contributed by atoms with van der Waals surface area (Å²) in [6.07, 6.45) is 5.44. The highest BCUT2D eigenvalue weighted by Crippen LogP contribution is 2.36. The zero-order valence-electron chi connectivity index (χ0n) is 12.4. The van der Waals surface area contributed by atoms with Crippen LogP contribution in [0, 0.1) is 0 Å². The monoisotopic (exact) mass is 309 g/mol. The first-order chi connectivity index (χ1) is 9.90. The van der Waals surface area contributed by atoms with Crippen molar-refractivity contribution in [2.45, 2.75) is 49.0 Å². The predicted octanol–water partition coefficient (Wildman–Crippen LogP) is 1.38. The van der Waals surface area contributed by atoms with Gasteiger partial charge in [-0.15, -0.1) is 0 Å². The lowest BCUT2D eigenvalue weighted by Crippen LogP contribution is -2.46. The number of hydrogen-bond acceptors (Lipinski definition) is 4. The lowest BCUT2D eigenvalue weighted by Gasteiger charge is -2.28. The molecule has 0 aliphatic heterocycles.